The minimum Gasteiger partial charge on any atom is -0.369 e. The van der Waals surface area contributed by atoms with Crippen LogP contribution in [0.25, 0.3) is 0 Å². The lowest BCUT2D eigenvalue weighted by Gasteiger charge is -2.01. The highest BCUT2D eigenvalue weighted by Crippen LogP contribution is 2.02. The van der Waals surface area contributed by atoms with Gasteiger partial charge >= 0.3 is 0 Å². The van der Waals surface area contributed by atoms with E-state index in [4.69, 9.17) is 5.73 Å². The molecule has 0 aliphatic carbocycles. The van der Waals surface area contributed by atoms with Gasteiger partial charge in [-0.3, -0.25) is 9.56 Å². The SMILES string of the molecule is NC(=NCCCc1ccccc1)n1ccnc1. The van der Waals surface area contributed by atoms with Crippen LogP contribution in [0.1, 0.15) is 12.0 Å². The molecule has 0 radical (unpaired) electrons. The van der Waals surface area contributed by atoms with E-state index >= 15 is 0 Å². The summed E-state index contributed by atoms with van der Waals surface area (Å²) in [5, 5.41) is 0. The van der Waals surface area contributed by atoms with Crippen LogP contribution in [0.4, 0.5) is 0 Å². The third kappa shape index (κ3) is 3.45. The van der Waals surface area contributed by atoms with Crippen molar-refractivity contribution in [3.8, 4) is 0 Å². The Bertz CT molecular complexity index is 459. The molecular formula is C13H16N4. The molecule has 1 aromatic heterocycles. The second-order valence-corrected chi connectivity index (χ2v) is 3.80. The molecule has 4 nitrogen and oxygen atoms in total. The van der Waals surface area contributed by atoms with Gasteiger partial charge in [0.2, 0.25) is 5.96 Å². The van der Waals surface area contributed by atoms with Crippen LogP contribution in [0.2, 0.25) is 0 Å². The smallest absolute Gasteiger partial charge is 0.200 e. The first-order valence-corrected chi connectivity index (χ1v) is 5.68. The standard InChI is InChI=1S/C13H16N4/c14-13(17-10-9-15-11-17)16-8-4-7-12-5-2-1-3-6-12/h1-3,5-6,9-11H,4,7-8H2,(H2,14,16). The van der Waals surface area contributed by atoms with Crippen molar-refractivity contribution >= 4 is 5.96 Å². The van der Waals surface area contributed by atoms with Crippen LogP contribution in [0.15, 0.2) is 54.0 Å². The number of aliphatic imine (C=N–C) groups is 1. The lowest BCUT2D eigenvalue weighted by molar-refractivity contribution is 0.826. The summed E-state index contributed by atoms with van der Waals surface area (Å²) in [4.78, 5) is 8.22. The van der Waals surface area contributed by atoms with E-state index in [9.17, 15) is 0 Å². The maximum Gasteiger partial charge on any atom is 0.200 e. The summed E-state index contributed by atoms with van der Waals surface area (Å²) in [5.74, 6) is 0.496. The molecule has 17 heavy (non-hydrogen) atoms. The average Bonchev–Trinajstić information content (AvgIpc) is 2.89. The zero-order chi connectivity index (χ0) is 11.9. The van der Waals surface area contributed by atoms with E-state index in [0.717, 1.165) is 19.4 Å². The molecule has 0 bridgehead atoms. The van der Waals surface area contributed by atoms with Gasteiger partial charge in [-0.2, -0.15) is 0 Å². The molecule has 0 spiro atoms. The third-order valence-corrected chi connectivity index (χ3v) is 2.51. The summed E-state index contributed by atoms with van der Waals surface area (Å²) >= 11 is 0. The zero-order valence-electron chi connectivity index (χ0n) is 9.66. The van der Waals surface area contributed by atoms with Crippen molar-refractivity contribution in [1.82, 2.24) is 9.55 Å². The molecule has 4 heteroatoms. The molecule has 2 rings (SSSR count). The summed E-state index contributed by atoms with van der Waals surface area (Å²) in [5.41, 5.74) is 7.13. The van der Waals surface area contributed by atoms with E-state index in [1.165, 1.54) is 5.56 Å². The predicted molar refractivity (Wildman–Crippen MR) is 68.9 cm³/mol. The number of hydrogen-bond donors (Lipinski definition) is 1. The number of imidazole rings is 1. The van der Waals surface area contributed by atoms with Crippen molar-refractivity contribution in [1.29, 1.82) is 0 Å². The summed E-state index contributed by atoms with van der Waals surface area (Å²) in [6.07, 6.45) is 7.15. The Morgan fingerprint density at radius 3 is 2.82 bits per heavy atom. The average molecular weight is 228 g/mol. The Kier molecular flexibility index (Phi) is 3.91. The molecule has 2 aromatic rings. The van der Waals surface area contributed by atoms with Gasteiger partial charge in [-0.15, -0.1) is 0 Å². The van der Waals surface area contributed by atoms with Gasteiger partial charge in [0.05, 0.1) is 0 Å². The van der Waals surface area contributed by atoms with Crippen molar-refractivity contribution in [2.75, 3.05) is 6.54 Å². The van der Waals surface area contributed by atoms with Crippen LogP contribution in [-0.4, -0.2) is 22.1 Å². The maximum absolute atomic E-state index is 5.79. The van der Waals surface area contributed by atoms with Crippen molar-refractivity contribution < 1.29 is 0 Å². The Morgan fingerprint density at radius 1 is 1.29 bits per heavy atom. The van der Waals surface area contributed by atoms with Crippen LogP contribution < -0.4 is 5.73 Å². The van der Waals surface area contributed by atoms with Crippen molar-refractivity contribution in [2.45, 2.75) is 12.8 Å². The number of aryl methyl sites for hydroxylation is 1. The first kappa shape index (κ1) is 11.4. The fraction of sp³-hybridized carbons (Fsp3) is 0.231. The van der Waals surface area contributed by atoms with E-state index < -0.39 is 0 Å². The third-order valence-electron chi connectivity index (χ3n) is 2.51. The van der Waals surface area contributed by atoms with Crippen molar-refractivity contribution in [3.63, 3.8) is 0 Å². The van der Waals surface area contributed by atoms with E-state index in [2.05, 4.69) is 34.2 Å². The molecule has 0 aliphatic heterocycles. The second-order valence-electron chi connectivity index (χ2n) is 3.80. The summed E-state index contributed by atoms with van der Waals surface area (Å²) in [6, 6.07) is 10.4. The van der Waals surface area contributed by atoms with E-state index in [-0.39, 0.29) is 0 Å². The van der Waals surface area contributed by atoms with Crippen LogP contribution in [0.5, 0.6) is 0 Å². The van der Waals surface area contributed by atoms with Crippen LogP contribution >= 0.6 is 0 Å². The van der Waals surface area contributed by atoms with Gasteiger partial charge in [0.1, 0.15) is 6.33 Å². The van der Waals surface area contributed by atoms with Crippen LogP contribution in [0.3, 0.4) is 0 Å². The molecule has 0 saturated carbocycles. The maximum atomic E-state index is 5.79. The van der Waals surface area contributed by atoms with Gasteiger partial charge in [-0.05, 0) is 18.4 Å². The quantitative estimate of drug-likeness (QED) is 0.491. The highest BCUT2D eigenvalue weighted by atomic mass is 15.2. The fourth-order valence-corrected chi connectivity index (χ4v) is 1.60. The molecule has 2 N–H and O–H groups in total. The lowest BCUT2D eigenvalue weighted by atomic mass is 10.1. The van der Waals surface area contributed by atoms with Crippen LogP contribution in [-0.2, 0) is 6.42 Å². The normalized spacial score (nSPS) is 11.6. The van der Waals surface area contributed by atoms with E-state index in [1.807, 2.05) is 6.07 Å². The van der Waals surface area contributed by atoms with E-state index in [0.29, 0.717) is 5.96 Å². The zero-order valence-corrected chi connectivity index (χ0v) is 9.66. The fourth-order valence-electron chi connectivity index (χ4n) is 1.60. The summed E-state index contributed by atoms with van der Waals surface area (Å²) in [7, 11) is 0. The monoisotopic (exact) mass is 228 g/mol. The minimum atomic E-state index is 0.496. The number of rotatable bonds is 4. The number of hydrogen-bond acceptors (Lipinski definition) is 2. The van der Waals surface area contributed by atoms with Gasteiger partial charge in [0.15, 0.2) is 0 Å². The molecule has 0 aliphatic rings. The number of nitrogens with zero attached hydrogens (tertiary/aromatic N) is 3. The topological polar surface area (TPSA) is 56.2 Å². The molecule has 0 atom stereocenters. The molecule has 0 amide bonds. The molecule has 88 valence electrons. The first-order valence-electron chi connectivity index (χ1n) is 5.68. The van der Waals surface area contributed by atoms with Gasteiger partial charge in [-0.25, -0.2) is 4.98 Å². The second kappa shape index (κ2) is 5.84. The van der Waals surface area contributed by atoms with Gasteiger partial charge in [0, 0.05) is 18.9 Å². The Labute approximate surface area is 101 Å². The Balaban J connectivity index is 1.78. The van der Waals surface area contributed by atoms with Crippen molar-refractivity contribution in [2.24, 2.45) is 10.7 Å². The largest absolute Gasteiger partial charge is 0.369 e. The molecular weight excluding hydrogens is 212 g/mol. The molecule has 1 heterocycles. The predicted octanol–water partition coefficient (Wildman–Crippen LogP) is 1.68. The Morgan fingerprint density at radius 2 is 2.12 bits per heavy atom. The summed E-state index contributed by atoms with van der Waals surface area (Å²) < 4.78 is 1.71. The molecule has 0 unspecified atom stereocenters. The number of aromatic nitrogens is 2. The minimum absolute atomic E-state index is 0.496. The van der Waals surface area contributed by atoms with Gasteiger partial charge in [-0.1, -0.05) is 30.3 Å². The molecule has 0 saturated heterocycles. The van der Waals surface area contributed by atoms with Gasteiger partial charge in [0.25, 0.3) is 0 Å². The molecule has 0 fully saturated rings. The van der Waals surface area contributed by atoms with Gasteiger partial charge < -0.3 is 5.73 Å². The lowest BCUT2D eigenvalue weighted by Crippen LogP contribution is -2.21. The van der Waals surface area contributed by atoms with Crippen molar-refractivity contribution in [3.05, 3.63) is 54.6 Å². The number of nitrogens with two attached hydrogens (primary N) is 1. The highest BCUT2D eigenvalue weighted by Gasteiger charge is 1.95. The Hall–Kier alpha value is -2.10. The first-order chi connectivity index (χ1) is 8.36. The van der Waals surface area contributed by atoms with E-state index in [1.54, 1.807) is 23.3 Å². The highest BCUT2D eigenvalue weighted by molar-refractivity contribution is 5.80. The molecule has 1 aromatic carbocycles. The summed E-state index contributed by atoms with van der Waals surface area (Å²) in [6.45, 7) is 0.735. The van der Waals surface area contributed by atoms with Crippen LogP contribution in [0, 0.1) is 0 Å². The number of benzene rings is 1.